The van der Waals surface area contributed by atoms with E-state index in [0.29, 0.717) is 0 Å². The van der Waals surface area contributed by atoms with Crippen LogP contribution in [0.1, 0.15) is 0 Å². The first kappa shape index (κ1) is 12.5. The number of hydrogen-bond acceptors (Lipinski definition) is 3. The normalized spacial score (nSPS) is 16.6. The quantitative estimate of drug-likeness (QED) is 0.800. The van der Waals surface area contributed by atoms with Crippen LogP contribution in [0.2, 0.25) is 0 Å². The van der Waals surface area contributed by atoms with Gasteiger partial charge in [-0.15, -0.1) is 0 Å². The molecule has 0 spiro atoms. The maximum atomic E-state index is 13.1. The summed E-state index contributed by atoms with van der Waals surface area (Å²) in [4.78, 5) is 13.2. The molecule has 1 aliphatic rings. The third-order valence-electron chi connectivity index (χ3n) is 2.92. The molecule has 18 heavy (non-hydrogen) atoms. The van der Waals surface area contributed by atoms with Crippen LogP contribution < -0.4 is 4.90 Å². The lowest BCUT2D eigenvalue weighted by atomic mass is 9.86. The van der Waals surface area contributed by atoms with Crippen molar-refractivity contribution >= 4 is 11.6 Å². The largest absolute Gasteiger partial charge is 0.377 e. The minimum atomic E-state index is -1.21. The van der Waals surface area contributed by atoms with Gasteiger partial charge in [0, 0.05) is 18.8 Å². The topological polar surface area (TPSA) is 53.3 Å². The number of amides is 1. The van der Waals surface area contributed by atoms with E-state index < -0.39 is 23.0 Å². The van der Waals surface area contributed by atoms with E-state index in [1.165, 1.54) is 13.1 Å². The summed E-state index contributed by atoms with van der Waals surface area (Å²) < 4.78 is 30.7. The number of rotatable bonds is 2. The van der Waals surface area contributed by atoms with Crippen LogP contribution in [0.15, 0.2) is 18.2 Å². The average molecular weight is 252 g/mol. The van der Waals surface area contributed by atoms with Gasteiger partial charge in [0.15, 0.2) is 17.0 Å². The van der Waals surface area contributed by atoms with Gasteiger partial charge in [0.25, 0.3) is 5.91 Å². The molecule has 1 fully saturated rings. The number of anilines is 1. The van der Waals surface area contributed by atoms with Gasteiger partial charge in [-0.3, -0.25) is 4.79 Å². The molecule has 4 nitrogen and oxygen atoms in total. The van der Waals surface area contributed by atoms with Gasteiger partial charge in [0.2, 0.25) is 0 Å². The molecule has 0 radical (unpaired) electrons. The highest BCUT2D eigenvalue weighted by Gasteiger charge is 2.48. The zero-order valence-corrected chi connectivity index (χ0v) is 9.61. The van der Waals surface area contributed by atoms with Gasteiger partial charge in [-0.1, -0.05) is 0 Å². The molecule has 94 valence electrons. The number of carbonyl (C=O) groups is 1. The predicted octanol–water partition coefficient (Wildman–Crippen LogP) is 1.47. The maximum absolute atomic E-state index is 13.1. The minimum Gasteiger partial charge on any atom is -0.377 e. The van der Waals surface area contributed by atoms with Crippen LogP contribution in [-0.2, 0) is 9.53 Å². The fraction of sp³-hybridized carbons (Fsp3) is 0.333. The monoisotopic (exact) mass is 252 g/mol. The Hall–Kier alpha value is -2.00. The van der Waals surface area contributed by atoms with Crippen molar-refractivity contribution < 1.29 is 18.3 Å². The second-order valence-corrected chi connectivity index (χ2v) is 4.15. The number of carbonyl (C=O) groups excluding carboxylic acids is 1. The first-order valence-electron chi connectivity index (χ1n) is 5.22. The lowest BCUT2D eigenvalue weighted by Crippen LogP contribution is -2.53. The van der Waals surface area contributed by atoms with Gasteiger partial charge >= 0.3 is 0 Å². The molecule has 0 unspecified atom stereocenters. The number of halogens is 2. The fourth-order valence-corrected chi connectivity index (χ4v) is 1.67. The Morgan fingerprint density at radius 1 is 1.44 bits per heavy atom. The summed E-state index contributed by atoms with van der Waals surface area (Å²) in [6.07, 6.45) is 0. The van der Waals surface area contributed by atoms with Crippen molar-refractivity contribution in [2.75, 3.05) is 25.2 Å². The molecule has 1 aromatic rings. The molecule has 0 aliphatic carbocycles. The summed E-state index contributed by atoms with van der Waals surface area (Å²) >= 11 is 0. The standard InChI is InChI=1S/C12H10F2N2O2/c1-16(8-2-3-9(13)10(14)4-8)11(17)12(5-15)6-18-7-12/h2-4H,6-7H2,1H3. The molecule has 0 saturated carbocycles. The van der Waals surface area contributed by atoms with Crippen molar-refractivity contribution in [1.82, 2.24) is 0 Å². The second-order valence-electron chi connectivity index (χ2n) is 4.15. The third kappa shape index (κ3) is 1.83. The zero-order valence-electron chi connectivity index (χ0n) is 9.61. The van der Waals surface area contributed by atoms with Crippen LogP contribution in [0.3, 0.4) is 0 Å². The Morgan fingerprint density at radius 3 is 2.56 bits per heavy atom. The van der Waals surface area contributed by atoms with Crippen LogP contribution >= 0.6 is 0 Å². The molecule has 1 aliphatic heterocycles. The lowest BCUT2D eigenvalue weighted by Gasteiger charge is -2.36. The first-order valence-corrected chi connectivity index (χ1v) is 5.22. The number of ether oxygens (including phenoxy) is 1. The van der Waals surface area contributed by atoms with Gasteiger partial charge in [-0.05, 0) is 12.1 Å². The fourth-order valence-electron chi connectivity index (χ4n) is 1.67. The van der Waals surface area contributed by atoms with Gasteiger partial charge in [-0.2, -0.15) is 5.26 Å². The highest BCUT2D eigenvalue weighted by atomic mass is 19.2. The van der Waals surface area contributed by atoms with E-state index in [1.54, 1.807) is 0 Å². The molecule has 0 atom stereocenters. The molecule has 0 aromatic heterocycles. The van der Waals surface area contributed by atoms with Gasteiger partial charge in [0.05, 0.1) is 19.3 Å². The molecule has 0 N–H and O–H groups in total. The molecule has 1 saturated heterocycles. The van der Waals surface area contributed by atoms with Gasteiger partial charge in [-0.25, -0.2) is 8.78 Å². The van der Waals surface area contributed by atoms with E-state index >= 15 is 0 Å². The predicted molar refractivity (Wildman–Crippen MR) is 58.6 cm³/mol. The van der Waals surface area contributed by atoms with Crippen molar-refractivity contribution in [2.45, 2.75) is 0 Å². The molecule has 1 heterocycles. The lowest BCUT2D eigenvalue weighted by molar-refractivity contribution is -0.146. The van der Waals surface area contributed by atoms with Crippen LogP contribution in [0, 0.1) is 28.4 Å². The number of hydrogen-bond donors (Lipinski definition) is 0. The molecule has 1 amide bonds. The summed E-state index contributed by atoms with van der Waals surface area (Å²) in [6.45, 7) is 0.0483. The van der Waals surface area contributed by atoms with Gasteiger partial charge < -0.3 is 9.64 Å². The Labute approximate surface area is 102 Å². The summed E-state index contributed by atoms with van der Waals surface area (Å²) in [6, 6.07) is 5.04. The SMILES string of the molecule is CN(C(=O)C1(C#N)COC1)c1ccc(F)c(F)c1. The highest BCUT2D eigenvalue weighted by Crippen LogP contribution is 2.30. The van der Waals surface area contributed by atoms with Crippen molar-refractivity contribution in [3.8, 4) is 6.07 Å². The molecule has 2 rings (SSSR count). The van der Waals surface area contributed by atoms with Crippen molar-refractivity contribution in [3.05, 3.63) is 29.8 Å². The third-order valence-corrected chi connectivity index (χ3v) is 2.92. The smallest absolute Gasteiger partial charge is 0.252 e. The minimum absolute atomic E-state index is 0.0242. The summed E-state index contributed by atoms with van der Waals surface area (Å²) in [7, 11) is 1.41. The average Bonchev–Trinajstić information content (AvgIpc) is 2.31. The molecule has 0 bridgehead atoms. The first-order chi connectivity index (χ1) is 8.50. The Kier molecular flexibility index (Phi) is 3.01. The van der Waals surface area contributed by atoms with Crippen LogP contribution in [0.5, 0.6) is 0 Å². The Balaban J connectivity index is 2.26. The van der Waals surface area contributed by atoms with E-state index in [9.17, 15) is 13.6 Å². The number of benzene rings is 1. The van der Waals surface area contributed by atoms with Crippen molar-refractivity contribution in [3.63, 3.8) is 0 Å². The van der Waals surface area contributed by atoms with E-state index in [1.807, 2.05) is 6.07 Å². The van der Waals surface area contributed by atoms with Gasteiger partial charge in [0.1, 0.15) is 0 Å². The van der Waals surface area contributed by atoms with Crippen LogP contribution in [0.4, 0.5) is 14.5 Å². The number of nitriles is 1. The second kappa shape index (κ2) is 4.35. The Bertz CT molecular complexity index is 535. The van der Waals surface area contributed by atoms with Crippen LogP contribution in [0.25, 0.3) is 0 Å². The van der Waals surface area contributed by atoms with E-state index in [4.69, 9.17) is 10.00 Å². The zero-order chi connectivity index (χ0) is 13.3. The summed E-state index contributed by atoms with van der Waals surface area (Å²) in [5.74, 6) is -2.51. The molecular formula is C12H10F2N2O2. The summed E-state index contributed by atoms with van der Waals surface area (Å²) in [5.41, 5.74) is -1.01. The van der Waals surface area contributed by atoms with Crippen molar-refractivity contribution in [1.29, 1.82) is 5.26 Å². The van der Waals surface area contributed by atoms with Crippen molar-refractivity contribution in [2.24, 2.45) is 5.41 Å². The molecular weight excluding hydrogens is 242 g/mol. The van der Waals surface area contributed by atoms with Crippen LogP contribution in [-0.4, -0.2) is 26.2 Å². The van der Waals surface area contributed by atoms with E-state index in [-0.39, 0.29) is 18.9 Å². The van der Waals surface area contributed by atoms with E-state index in [0.717, 1.165) is 17.0 Å². The van der Waals surface area contributed by atoms with E-state index in [2.05, 4.69) is 0 Å². The molecule has 1 aromatic carbocycles. The highest BCUT2D eigenvalue weighted by molar-refractivity contribution is 5.99. The number of nitrogens with zero attached hydrogens (tertiary/aromatic N) is 2. The Morgan fingerprint density at radius 2 is 2.11 bits per heavy atom. The molecule has 6 heteroatoms. The summed E-state index contributed by atoms with van der Waals surface area (Å²) in [5, 5.41) is 8.99. The maximum Gasteiger partial charge on any atom is 0.252 e.